The second-order valence-corrected chi connectivity index (χ2v) is 13.5. The average molecular weight is 445 g/mol. The molecule has 5 fully saturated rings. The summed E-state index contributed by atoms with van der Waals surface area (Å²) in [6, 6.07) is 0. The number of hydrogen-bond donors (Lipinski definition) is 0. The molecular formula is C29H48O3. The molecule has 32 heavy (non-hydrogen) atoms. The molecule has 1 spiro atoms. The fraction of sp³-hybridized carbons (Fsp3) is 0.966. The molecule has 0 N–H and O–H groups in total. The smallest absolute Gasteiger partial charge is 0.302 e. The summed E-state index contributed by atoms with van der Waals surface area (Å²) in [6.45, 7) is 14.1. The summed E-state index contributed by atoms with van der Waals surface area (Å²) in [5.41, 5.74) is 0.820. The van der Waals surface area contributed by atoms with Crippen LogP contribution in [0.25, 0.3) is 0 Å². The Kier molecular flexibility index (Phi) is 5.79. The number of carbonyl (C=O) groups is 1. The van der Waals surface area contributed by atoms with Gasteiger partial charge in [-0.2, -0.15) is 0 Å². The first-order valence-electron chi connectivity index (χ1n) is 14.0. The van der Waals surface area contributed by atoms with Crippen molar-refractivity contribution in [2.75, 3.05) is 0 Å². The van der Waals surface area contributed by atoms with Crippen LogP contribution in [0, 0.1) is 46.3 Å². The third-order valence-corrected chi connectivity index (χ3v) is 11.6. The molecule has 5 aliphatic rings. The zero-order valence-corrected chi connectivity index (χ0v) is 21.6. The molecular weight excluding hydrogens is 396 g/mol. The summed E-state index contributed by atoms with van der Waals surface area (Å²) in [7, 11) is 0. The van der Waals surface area contributed by atoms with Gasteiger partial charge >= 0.3 is 5.97 Å². The quantitative estimate of drug-likeness (QED) is 0.322. The van der Waals surface area contributed by atoms with Crippen LogP contribution in [0.5, 0.6) is 0 Å². The highest BCUT2D eigenvalue weighted by atomic mass is 16.6. The van der Waals surface area contributed by atoms with Crippen molar-refractivity contribution >= 4 is 5.97 Å². The van der Waals surface area contributed by atoms with Crippen molar-refractivity contribution in [1.29, 1.82) is 0 Å². The number of carbonyl (C=O) groups excluding carboxylic acids is 1. The predicted octanol–water partition coefficient (Wildman–Crippen LogP) is 7.17. The molecule has 8 unspecified atom stereocenters. The maximum atomic E-state index is 11.6. The first kappa shape index (κ1) is 23.2. The van der Waals surface area contributed by atoms with Gasteiger partial charge in [-0.1, -0.05) is 53.9 Å². The molecule has 1 saturated heterocycles. The van der Waals surface area contributed by atoms with E-state index in [1.165, 1.54) is 57.8 Å². The second kappa shape index (κ2) is 7.99. The Bertz CT molecular complexity index is 732. The summed E-state index contributed by atoms with van der Waals surface area (Å²) in [4.78, 5) is 11.6. The minimum Gasteiger partial charge on any atom is -0.462 e. The van der Waals surface area contributed by atoms with Gasteiger partial charge in [0.25, 0.3) is 0 Å². The monoisotopic (exact) mass is 444 g/mol. The minimum absolute atomic E-state index is 0.00240. The fourth-order valence-electron chi connectivity index (χ4n) is 10.00. The summed E-state index contributed by atoms with van der Waals surface area (Å²) in [6.07, 6.45) is 14.8. The number of esters is 1. The van der Waals surface area contributed by atoms with E-state index in [0.717, 1.165) is 48.3 Å². The van der Waals surface area contributed by atoms with Crippen molar-refractivity contribution in [2.45, 2.75) is 130 Å². The van der Waals surface area contributed by atoms with Crippen LogP contribution in [0.2, 0.25) is 0 Å². The minimum atomic E-state index is -0.131. The molecule has 4 saturated carbocycles. The van der Waals surface area contributed by atoms with Crippen LogP contribution in [-0.2, 0) is 14.3 Å². The van der Waals surface area contributed by atoms with E-state index in [1.807, 2.05) is 0 Å². The zero-order chi connectivity index (χ0) is 22.9. The van der Waals surface area contributed by atoms with E-state index in [9.17, 15) is 4.79 Å². The highest BCUT2D eigenvalue weighted by Gasteiger charge is 2.76. The largest absolute Gasteiger partial charge is 0.462 e. The van der Waals surface area contributed by atoms with Gasteiger partial charge in [-0.3, -0.25) is 4.79 Å². The lowest BCUT2D eigenvalue weighted by molar-refractivity contribution is -0.157. The molecule has 0 bridgehead atoms. The van der Waals surface area contributed by atoms with E-state index in [4.69, 9.17) is 9.47 Å². The zero-order valence-electron chi connectivity index (χ0n) is 21.6. The Morgan fingerprint density at radius 3 is 2.53 bits per heavy atom. The van der Waals surface area contributed by atoms with Crippen LogP contribution in [0.15, 0.2) is 0 Å². The third kappa shape index (κ3) is 3.42. The van der Waals surface area contributed by atoms with E-state index in [1.54, 1.807) is 6.92 Å². The number of rotatable bonds is 6. The maximum absolute atomic E-state index is 11.6. The molecule has 0 aromatic heterocycles. The Balaban J connectivity index is 1.30. The van der Waals surface area contributed by atoms with E-state index >= 15 is 0 Å². The third-order valence-electron chi connectivity index (χ3n) is 11.6. The van der Waals surface area contributed by atoms with E-state index in [2.05, 4.69) is 34.6 Å². The normalized spacial score (nSPS) is 50.1. The van der Waals surface area contributed by atoms with Crippen molar-refractivity contribution in [1.82, 2.24) is 0 Å². The number of fused-ring (bicyclic) bond motifs is 4. The van der Waals surface area contributed by atoms with E-state index in [-0.39, 0.29) is 23.1 Å². The van der Waals surface area contributed by atoms with Crippen LogP contribution >= 0.6 is 0 Å². The van der Waals surface area contributed by atoms with Crippen molar-refractivity contribution in [3.8, 4) is 0 Å². The predicted molar refractivity (Wildman–Crippen MR) is 128 cm³/mol. The van der Waals surface area contributed by atoms with E-state index in [0.29, 0.717) is 11.5 Å². The Morgan fingerprint density at radius 2 is 1.81 bits per heavy atom. The molecule has 0 aromatic rings. The van der Waals surface area contributed by atoms with Crippen LogP contribution in [0.3, 0.4) is 0 Å². The molecule has 5 rings (SSSR count). The lowest BCUT2D eigenvalue weighted by Gasteiger charge is -2.59. The van der Waals surface area contributed by atoms with Crippen LogP contribution in [-0.4, -0.2) is 23.8 Å². The molecule has 182 valence electrons. The van der Waals surface area contributed by atoms with Crippen molar-refractivity contribution in [2.24, 2.45) is 46.3 Å². The second-order valence-electron chi connectivity index (χ2n) is 13.5. The summed E-state index contributed by atoms with van der Waals surface area (Å²) in [5, 5.41) is 0. The molecule has 0 aromatic carbocycles. The molecule has 4 aliphatic carbocycles. The topological polar surface area (TPSA) is 38.8 Å². The van der Waals surface area contributed by atoms with E-state index < -0.39 is 0 Å². The molecule has 1 aliphatic heterocycles. The number of ether oxygens (including phenoxy) is 2. The highest BCUT2D eigenvalue weighted by molar-refractivity contribution is 5.66. The molecule has 0 amide bonds. The summed E-state index contributed by atoms with van der Waals surface area (Å²) >= 11 is 0. The molecule has 3 nitrogen and oxygen atoms in total. The fourth-order valence-corrected chi connectivity index (χ4v) is 10.00. The Morgan fingerprint density at radius 1 is 1.03 bits per heavy atom. The summed E-state index contributed by atoms with van der Waals surface area (Å²) < 4.78 is 12.3. The van der Waals surface area contributed by atoms with Gasteiger partial charge in [-0.05, 0) is 85.9 Å². The highest BCUT2D eigenvalue weighted by Crippen LogP contribution is 2.74. The van der Waals surface area contributed by atoms with Crippen LogP contribution in [0.4, 0.5) is 0 Å². The molecule has 1 heterocycles. The van der Waals surface area contributed by atoms with Crippen molar-refractivity contribution in [3.63, 3.8) is 0 Å². The van der Waals surface area contributed by atoms with Crippen LogP contribution in [0.1, 0.15) is 112 Å². The Labute approximate surface area is 196 Å². The number of epoxide rings is 1. The molecule has 10 atom stereocenters. The van der Waals surface area contributed by atoms with Gasteiger partial charge in [0.2, 0.25) is 0 Å². The standard InChI is InChI=1S/C29H48O3/c1-18(2)8-7-9-19(3)23-10-11-24-22-16-26-29(32-26)17-21(31-20(4)30)12-15-28(29,6)25(22)13-14-27(23,24)5/h18-19,21-26H,7-17H2,1-6H3/t19?,21?,22?,23?,24?,25?,26-,27?,28?,29-/m0/s1. The van der Waals surface area contributed by atoms with Crippen molar-refractivity contribution < 1.29 is 14.3 Å². The number of hydrogen-bond acceptors (Lipinski definition) is 3. The SMILES string of the molecule is CC(=O)OC1CCC2(C)C3CCC4(C)C(C(C)CCCC(C)C)CCC4C3C[C@@H]3O[C@@]32C1. The van der Waals surface area contributed by atoms with Gasteiger partial charge in [0.15, 0.2) is 0 Å². The molecule has 3 heteroatoms. The van der Waals surface area contributed by atoms with Crippen LogP contribution < -0.4 is 0 Å². The van der Waals surface area contributed by atoms with Gasteiger partial charge in [0, 0.05) is 18.8 Å². The van der Waals surface area contributed by atoms with Gasteiger partial charge in [-0.25, -0.2) is 0 Å². The lowest BCUT2D eigenvalue weighted by atomic mass is 9.44. The van der Waals surface area contributed by atoms with Gasteiger partial charge in [0.1, 0.15) is 11.7 Å². The van der Waals surface area contributed by atoms with Crippen molar-refractivity contribution in [3.05, 3.63) is 0 Å². The molecule has 0 radical (unpaired) electrons. The maximum Gasteiger partial charge on any atom is 0.302 e. The first-order valence-corrected chi connectivity index (χ1v) is 14.0. The van der Waals surface area contributed by atoms with Gasteiger partial charge in [-0.15, -0.1) is 0 Å². The first-order chi connectivity index (χ1) is 15.1. The van der Waals surface area contributed by atoms with Gasteiger partial charge in [0.05, 0.1) is 6.10 Å². The Hall–Kier alpha value is -0.570. The average Bonchev–Trinajstić information content (AvgIpc) is 3.28. The lowest BCUT2D eigenvalue weighted by Crippen LogP contribution is -2.59. The van der Waals surface area contributed by atoms with Gasteiger partial charge < -0.3 is 9.47 Å². The summed E-state index contributed by atoms with van der Waals surface area (Å²) in [5.74, 6) is 5.03.